The molecule has 2 N–H and O–H groups in total. The van der Waals surface area contributed by atoms with Crippen molar-refractivity contribution in [1.82, 2.24) is 0 Å². The first kappa shape index (κ1) is 12.8. The van der Waals surface area contributed by atoms with Crippen LogP contribution in [0.2, 0.25) is 0 Å². The van der Waals surface area contributed by atoms with E-state index in [4.69, 9.17) is 10.5 Å². The molecule has 0 radical (unpaired) electrons. The monoisotopic (exact) mass is 251 g/mol. The lowest BCUT2D eigenvalue weighted by Gasteiger charge is -2.43. The van der Waals surface area contributed by atoms with Crippen molar-refractivity contribution in [2.75, 3.05) is 19.9 Å². The number of nitrogens with two attached hydrogens (primary N) is 1. The Morgan fingerprint density at radius 2 is 2.12 bits per heavy atom. The fourth-order valence-electron chi connectivity index (χ4n) is 2.76. The van der Waals surface area contributed by atoms with Crippen LogP contribution in [0.4, 0.5) is 0 Å². The van der Waals surface area contributed by atoms with Crippen molar-refractivity contribution < 1.29 is 4.74 Å². The second kappa shape index (κ2) is 4.91. The lowest BCUT2D eigenvalue weighted by atomic mass is 9.64. The summed E-state index contributed by atoms with van der Waals surface area (Å²) in [5.74, 6) is 1.04. The minimum Gasteiger partial charge on any atom is -0.496 e. The van der Waals surface area contributed by atoms with Crippen molar-refractivity contribution in [3.8, 4) is 5.75 Å². The predicted molar refractivity (Wildman–Crippen MR) is 74.1 cm³/mol. The maximum atomic E-state index is 6.03. The van der Waals surface area contributed by atoms with E-state index >= 15 is 0 Å². The molecule has 2 rings (SSSR count). The Morgan fingerprint density at radius 1 is 1.41 bits per heavy atom. The molecular weight excluding hydrogens is 230 g/mol. The van der Waals surface area contributed by atoms with Gasteiger partial charge in [-0.2, -0.15) is 0 Å². The molecule has 1 saturated carbocycles. The number of methoxy groups -OCH3 is 1. The number of hydrogen-bond donors (Lipinski definition) is 1. The highest BCUT2D eigenvalue weighted by Gasteiger charge is 2.41. The van der Waals surface area contributed by atoms with E-state index in [1.165, 1.54) is 35.3 Å². The minimum atomic E-state index is 0.162. The standard InChI is InChI=1S/C14H21NOS/c1-10-5-6-11(17-3)12(13(10)16-2)14(9-15)7-4-8-14/h5-6H,4,7-9,15H2,1-3H3. The molecule has 0 aliphatic heterocycles. The zero-order chi connectivity index (χ0) is 12.5. The second-order valence-corrected chi connectivity index (χ2v) is 5.68. The van der Waals surface area contributed by atoms with Crippen LogP contribution in [0.25, 0.3) is 0 Å². The van der Waals surface area contributed by atoms with Gasteiger partial charge in [-0.25, -0.2) is 0 Å². The highest BCUT2D eigenvalue weighted by molar-refractivity contribution is 7.98. The average Bonchev–Trinajstić information content (AvgIpc) is 2.29. The van der Waals surface area contributed by atoms with Gasteiger partial charge in [0.1, 0.15) is 5.75 Å². The van der Waals surface area contributed by atoms with E-state index in [0.29, 0.717) is 0 Å². The van der Waals surface area contributed by atoms with Crippen LogP contribution < -0.4 is 10.5 Å². The van der Waals surface area contributed by atoms with Crippen LogP contribution in [0.1, 0.15) is 30.4 Å². The van der Waals surface area contributed by atoms with Gasteiger partial charge in [-0.15, -0.1) is 11.8 Å². The van der Waals surface area contributed by atoms with Crippen LogP contribution in [0.5, 0.6) is 5.75 Å². The Bertz CT molecular complexity index is 407. The summed E-state index contributed by atoms with van der Waals surface area (Å²) in [4.78, 5) is 1.32. The number of rotatable bonds is 4. The van der Waals surface area contributed by atoms with Gasteiger partial charge in [0.2, 0.25) is 0 Å². The SMILES string of the molecule is COc1c(C)ccc(SC)c1C1(CN)CCC1. The minimum absolute atomic E-state index is 0.162. The van der Waals surface area contributed by atoms with Crippen LogP contribution in [0.3, 0.4) is 0 Å². The van der Waals surface area contributed by atoms with Crippen molar-refractivity contribution in [3.05, 3.63) is 23.3 Å². The number of benzene rings is 1. The fraction of sp³-hybridized carbons (Fsp3) is 0.571. The Morgan fingerprint density at radius 3 is 2.53 bits per heavy atom. The third-order valence-electron chi connectivity index (χ3n) is 3.97. The van der Waals surface area contributed by atoms with Gasteiger partial charge in [-0.3, -0.25) is 0 Å². The molecule has 17 heavy (non-hydrogen) atoms. The van der Waals surface area contributed by atoms with Crippen molar-refractivity contribution in [2.24, 2.45) is 5.73 Å². The molecule has 3 heteroatoms. The summed E-state index contributed by atoms with van der Waals surface area (Å²) in [6.07, 6.45) is 5.78. The predicted octanol–water partition coefficient (Wildman–Crippen LogP) is 3.11. The quantitative estimate of drug-likeness (QED) is 0.835. The highest BCUT2D eigenvalue weighted by Crippen LogP contribution is 2.50. The van der Waals surface area contributed by atoms with E-state index in [1.54, 1.807) is 18.9 Å². The van der Waals surface area contributed by atoms with E-state index in [9.17, 15) is 0 Å². The van der Waals surface area contributed by atoms with Crippen molar-refractivity contribution >= 4 is 11.8 Å². The zero-order valence-corrected chi connectivity index (χ0v) is 11.7. The molecule has 0 heterocycles. The summed E-state index contributed by atoms with van der Waals surface area (Å²) < 4.78 is 5.63. The molecule has 0 aromatic heterocycles. The molecule has 2 nitrogen and oxygen atoms in total. The maximum absolute atomic E-state index is 6.03. The zero-order valence-electron chi connectivity index (χ0n) is 10.9. The first-order chi connectivity index (χ1) is 8.18. The van der Waals surface area contributed by atoms with Gasteiger partial charge in [0.05, 0.1) is 7.11 Å². The number of thioether (sulfide) groups is 1. The summed E-state index contributed by atoms with van der Waals surface area (Å²) in [7, 11) is 1.76. The molecular formula is C14H21NOS. The highest BCUT2D eigenvalue weighted by atomic mass is 32.2. The molecule has 0 spiro atoms. The molecule has 1 aromatic rings. The summed E-state index contributed by atoms with van der Waals surface area (Å²) >= 11 is 1.79. The summed E-state index contributed by atoms with van der Waals surface area (Å²) in [6.45, 7) is 2.83. The number of aryl methyl sites for hydroxylation is 1. The summed E-state index contributed by atoms with van der Waals surface area (Å²) in [5.41, 5.74) is 8.75. The second-order valence-electron chi connectivity index (χ2n) is 4.83. The number of ether oxygens (including phenoxy) is 1. The lowest BCUT2D eigenvalue weighted by molar-refractivity contribution is 0.238. The Balaban J connectivity index is 2.59. The number of hydrogen-bond acceptors (Lipinski definition) is 3. The third kappa shape index (κ3) is 1.95. The van der Waals surface area contributed by atoms with E-state index < -0.39 is 0 Å². The van der Waals surface area contributed by atoms with Crippen LogP contribution >= 0.6 is 11.8 Å². The summed E-state index contributed by atoms with van der Waals surface area (Å²) in [5, 5.41) is 0. The van der Waals surface area contributed by atoms with Gasteiger partial charge in [-0.05, 0) is 37.7 Å². The van der Waals surface area contributed by atoms with Crippen LogP contribution in [0, 0.1) is 6.92 Å². The van der Waals surface area contributed by atoms with Gasteiger partial charge in [0.25, 0.3) is 0 Å². The maximum Gasteiger partial charge on any atom is 0.126 e. The van der Waals surface area contributed by atoms with Crippen molar-refractivity contribution in [1.29, 1.82) is 0 Å². The van der Waals surface area contributed by atoms with Gasteiger partial charge < -0.3 is 10.5 Å². The molecule has 0 bridgehead atoms. The van der Waals surface area contributed by atoms with Gasteiger partial charge in [0.15, 0.2) is 0 Å². The molecule has 1 fully saturated rings. The Labute approximate surface area is 108 Å². The third-order valence-corrected chi connectivity index (χ3v) is 4.75. The lowest BCUT2D eigenvalue weighted by Crippen LogP contribution is -2.42. The van der Waals surface area contributed by atoms with Crippen LogP contribution in [-0.2, 0) is 5.41 Å². The Hall–Kier alpha value is -0.670. The van der Waals surface area contributed by atoms with Gasteiger partial charge in [-0.1, -0.05) is 12.5 Å². The molecule has 94 valence electrons. The first-order valence-electron chi connectivity index (χ1n) is 6.10. The smallest absolute Gasteiger partial charge is 0.126 e. The normalized spacial score (nSPS) is 17.6. The van der Waals surface area contributed by atoms with E-state index in [-0.39, 0.29) is 5.41 Å². The largest absolute Gasteiger partial charge is 0.496 e. The molecule has 0 amide bonds. The van der Waals surface area contributed by atoms with E-state index in [2.05, 4.69) is 25.3 Å². The molecule has 1 aliphatic rings. The molecule has 1 aromatic carbocycles. The topological polar surface area (TPSA) is 35.2 Å². The van der Waals surface area contributed by atoms with Crippen LogP contribution in [-0.4, -0.2) is 19.9 Å². The van der Waals surface area contributed by atoms with Gasteiger partial charge in [0, 0.05) is 22.4 Å². The first-order valence-corrected chi connectivity index (χ1v) is 7.33. The molecule has 0 unspecified atom stereocenters. The van der Waals surface area contributed by atoms with Crippen molar-refractivity contribution in [2.45, 2.75) is 36.5 Å². The molecule has 1 aliphatic carbocycles. The van der Waals surface area contributed by atoms with E-state index in [1.807, 2.05) is 0 Å². The van der Waals surface area contributed by atoms with Crippen molar-refractivity contribution in [3.63, 3.8) is 0 Å². The van der Waals surface area contributed by atoms with Gasteiger partial charge >= 0.3 is 0 Å². The average molecular weight is 251 g/mol. The summed E-state index contributed by atoms with van der Waals surface area (Å²) in [6, 6.07) is 4.34. The van der Waals surface area contributed by atoms with Crippen LogP contribution in [0.15, 0.2) is 17.0 Å². The fourth-order valence-corrected chi connectivity index (χ4v) is 3.48. The van der Waals surface area contributed by atoms with E-state index in [0.717, 1.165) is 12.3 Å². The molecule has 0 atom stereocenters. The molecule has 0 saturated heterocycles. The Kier molecular flexibility index (Phi) is 3.69.